The number of hydrogen-bond acceptors (Lipinski definition) is 4. The number of aliphatic hydroxyl groups excluding tert-OH is 1. The van der Waals surface area contributed by atoms with Crippen molar-refractivity contribution in [1.29, 1.82) is 0 Å². The second kappa shape index (κ2) is 8.05. The molecule has 4 rings (SSSR count). The number of fused-ring (bicyclic) bond motifs is 1. The van der Waals surface area contributed by atoms with Gasteiger partial charge < -0.3 is 0 Å². The Morgan fingerprint density at radius 1 is 1.23 bits per heavy atom. The Morgan fingerprint density at radius 2 is 2.04 bits per heavy atom. The molecule has 2 aromatic rings. The van der Waals surface area contributed by atoms with Gasteiger partial charge in [-0.15, -0.1) is 0 Å². The van der Waals surface area contributed by atoms with Gasteiger partial charge in [-0.05, 0) is 0 Å². The van der Waals surface area contributed by atoms with E-state index in [-0.39, 0.29) is 6.10 Å². The fourth-order valence-electron chi connectivity index (χ4n) is 3.46. The number of pyridine rings is 1. The Kier molecular flexibility index (Phi) is 5.74. The van der Waals surface area contributed by atoms with Crippen LogP contribution >= 0.6 is 23.2 Å². The molecule has 1 saturated carbocycles. The summed E-state index contributed by atoms with van der Waals surface area (Å²) in [5, 5.41) is 10.8. The van der Waals surface area contributed by atoms with Crippen LogP contribution in [-0.2, 0) is 0 Å². The monoisotopic (exact) mass is 496 g/mol. The molecule has 1 aliphatic carbocycles. The minimum absolute atomic E-state index is 0.219. The average molecular weight is 496 g/mol. The van der Waals surface area contributed by atoms with Gasteiger partial charge in [0.25, 0.3) is 0 Å². The van der Waals surface area contributed by atoms with E-state index in [0.717, 1.165) is 40.7 Å². The molecule has 0 amide bonds. The molecule has 2 atom stereocenters. The first kappa shape index (κ1) is 18.5. The topological polar surface area (TPSA) is 54.7 Å². The van der Waals surface area contributed by atoms with Gasteiger partial charge in [-0.3, -0.25) is 0 Å². The maximum atomic E-state index is 9.87. The Balaban J connectivity index is 1.60. The average Bonchev–Trinajstić information content (AvgIpc) is 3.06. The molecule has 0 spiro atoms. The van der Waals surface area contributed by atoms with E-state index in [1.54, 1.807) is 12.4 Å². The van der Waals surface area contributed by atoms with Gasteiger partial charge in [-0.25, -0.2) is 0 Å². The first-order valence-electron chi connectivity index (χ1n) is 8.71. The van der Waals surface area contributed by atoms with Crippen molar-refractivity contribution >= 4 is 57.3 Å². The number of rotatable bonds is 4. The summed E-state index contributed by atoms with van der Waals surface area (Å²) in [7, 11) is 0. The van der Waals surface area contributed by atoms with E-state index in [1.807, 2.05) is 18.2 Å². The third-order valence-electron chi connectivity index (χ3n) is 4.80. The molecule has 2 aliphatic rings. The fourth-order valence-corrected chi connectivity index (χ4v) is 7.65. The van der Waals surface area contributed by atoms with Gasteiger partial charge in [0.15, 0.2) is 0 Å². The van der Waals surface area contributed by atoms with Crippen molar-refractivity contribution in [2.24, 2.45) is 10.9 Å². The van der Waals surface area contributed by atoms with Crippen LogP contribution in [0.25, 0.3) is 0 Å². The summed E-state index contributed by atoms with van der Waals surface area (Å²) < 4.78 is 8.43. The van der Waals surface area contributed by atoms with Crippen molar-refractivity contribution in [3.63, 3.8) is 0 Å². The molecule has 1 N–H and O–H groups in total. The second-order valence-corrected chi connectivity index (χ2v) is 11.1. The summed E-state index contributed by atoms with van der Waals surface area (Å²) >= 11 is 11.7. The van der Waals surface area contributed by atoms with Gasteiger partial charge in [-0.2, -0.15) is 0 Å². The van der Waals surface area contributed by atoms with E-state index in [0.29, 0.717) is 28.3 Å². The summed E-state index contributed by atoms with van der Waals surface area (Å²) in [6, 6.07) is 5.91. The van der Waals surface area contributed by atoms with Crippen LogP contribution < -0.4 is 8.32 Å². The number of ether oxygens (including phenoxy) is 1. The molecule has 2 radical (unpaired) electrons. The molecule has 0 saturated heterocycles. The molecule has 2 heterocycles. The third kappa shape index (κ3) is 3.88. The molecular formula is C19H18Cl2N2O2Sn. The zero-order chi connectivity index (χ0) is 18.1. The number of benzene rings is 1. The van der Waals surface area contributed by atoms with E-state index in [1.165, 1.54) is 3.58 Å². The molecular weight excluding hydrogens is 478 g/mol. The van der Waals surface area contributed by atoms with Gasteiger partial charge in [0, 0.05) is 0 Å². The van der Waals surface area contributed by atoms with Gasteiger partial charge in [0.05, 0.1) is 0 Å². The van der Waals surface area contributed by atoms with Crippen molar-refractivity contribution in [2.45, 2.75) is 31.8 Å². The van der Waals surface area contributed by atoms with Crippen LogP contribution in [0, 0.1) is 5.92 Å². The van der Waals surface area contributed by atoms with Crippen molar-refractivity contribution in [2.75, 3.05) is 6.61 Å². The normalized spacial score (nSPS) is 22.0. The number of aromatic nitrogens is 1. The molecule has 0 unspecified atom stereocenters. The first-order chi connectivity index (χ1) is 12.6. The van der Waals surface area contributed by atoms with Gasteiger partial charge in [-0.1, -0.05) is 0 Å². The van der Waals surface area contributed by atoms with Gasteiger partial charge >= 0.3 is 173 Å². The quantitative estimate of drug-likeness (QED) is 0.657. The Hall–Kier alpha value is -0.821. The zero-order valence-electron chi connectivity index (χ0n) is 14.1. The molecule has 26 heavy (non-hydrogen) atoms. The van der Waals surface area contributed by atoms with Crippen molar-refractivity contribution in [3.05, 3.63) is 46.2 Å². The molecule has 4 nitrogen and oxygen atoms in total. The molecule has 134 valence electrons. The molecule has 1 aromatic heterocycles. The van der Waals surface area contributed by atoms with Crippen molar-refractivity contribution < 1.29 is 9.84 Å². The fraction of sp³-hybridized carbons (Fsp3) is 0.368. The zero-order valence-corrected chi connectivity index (χ0v) is 18.4. The van der Waals surface area contributed by atoms with Crippen LogP contribution in [0.5, 0.6) is 5.75 Å². The number of aliphatic imine (C=N–C) groups is 1. The summed E-state index contributed by atoms with van der Waals surface area (Å²) in [6.45, 7) is 0.536. The summed E-state index contributed by atoms with van der Waals surface area (Å²) in [4.78, 5) is 8.92. The number of aliphatic hydroxyl groups is 1. The van der Waals surface area contributed by atoms with Crippen molar-refractivity contribution in [1.82, 2.24) is 4.98 Å². The predicted molar refractivity (Wildman–Crippen MR) is 106 cm³/mol. The van der Waals surface area contributed by atoms with Gasteiger partial charge in [0.2, 0.25) is 0 Å². The molecule has 1 fully saturated rings. The van der Waals surface area contributed by atoms with Crippen LogP contribution in [-0.4, -0.2) is 47.7 Å². The minimum atomic E-state index is -1.06. The second-order valence-electron chi connectivity index (χ2n) is 6.72. The SMILES string of the molecule is O[C@@H]1CCC[C@@H](COc2c(Cl)c(Cl)c[c]3c2N=[C](c2ccncc2)[Sn]3)C1. The van der Waals surface area contributed by atoms with E-state index in [2.05, 4.69) is 4.98 Å². The van der Waals surface area contributed by atoms with Crippen LogP contribution in [0.4, 0.5) is 5.69 Å². The summed E-state index contributed by atoms with van der Waals surface area (Å²) in [6.07, 6.45) is 7.12. The molecule has 1 aromatic carbocycles. The van der Waals surface area contributed by atoms with Crippen LogP contribution in [0.15, 0.2) is 35.6 Å². The van der Waals surface area contributed by atoms with E-state index in [9.17, 15) is 5.11 Å². The summed E-state index contributed by atoms with van der Waals surface area (Å²) in [5.41, 5.74) is 1.95. The Labute approximate surface area is 172 Å². The van der Waals surface area contributed by atoms with Crippen LogP contribution in [0.1, 0.15) is 31.2 Å². The number of nitrogens with zero attached hydrogens (tertiary/aromatic N) is 2. The molecule has 1 aliphatic heterocycles. The predicted octanol–water partition coefficient (Wildman–Crippen LogP) is 3.74. The van der Waals surface area contributed by atoms with Gasteiger partial charge in [0.1, 0.15) is 0 Å². The molecule has 7 heteroatoms. The summed E-state index contributed by atoms with van der Waals surface area (Å²) in [5.74, 6) is 0.939. The first-order valence-corrected chi connectivity index (χ1v) is 12.3. The van der Waals surface area contributed by atoms with Crippen LogP contribution in [0.3, 0.4) is 0 Å². The Morgan fingerprint density at radius 3 is 2.81 bits per heavy atom. The van der Waals surface area contributed by atoms with E-state index < -0.39 is 21.1 Å². The van der Waals surface area contributed by atoms with Crippen molar-refractivity contribution in [3.8, 4) is 5.75 Å². The third-order valence-corrected chi connectivity index (χ3v) is 9.24. The number of hydrogen-bond donors (Lipinski definition) is 1. The Bertz CT molecular complexity index is 845. The standard InChI is InChI=1S/C19H18Cl2N2O2.Sn/c20-16-4-5-17(23-11-13-6-8-22-9-7-13)19(18(16)21)25-12-14-2-1-3-15(24)10-14;/h4,6-9,14-15,24H,1-3,10,12H2;/t14-,15-;/m1./s1. The van der Waals surface area contributed by atoms with E-state index >= 15 is 0 Å². The maximum absolute atomic E-state index is 9.87. The van der Waals surface area contributed by atoms with E-state index in [4.69, 9.17) is 32.9 Å². The van der Waals surface area contributed by atoms with Crippen LogP contribution in [0.2, 0.25) is 10.0 Å². The molecule has 0 bridgehead atoms. The number of halogens is 2.